The van der Waals surface area contributed by atoms with Crippen molar-refractivity contribution in [2.24, 2.45) is 0 Å². The summed E-state index contributed by atoms with van der Waals surface area (Å²) in [6.07, 6.45) is 7.07. The summed E-state index contributed by atoms with van der Waals surface area (Å²) in [6, 6.07) is 13.6. The molecule has 136 valence electrons. The quantitative estimate of drug-likeness (QED) is 0.702. The molecule has 0 spiro atoms. The summed E-state index contributed by atoms with van der Waals surface area (Å²) in [5.41, 5.74) is 4.22. The zero-order valence-corrected chi connectivity index (χ0v) is 15.5. The molecule has 0 radical (unpaired) electrons. The Hall–Kier alpha value is -2.57. The van der Waals surface area contributed by atoms with Crippen molar-refractivity contribution in [3.63, 3.8) is 0 Å². The van der Waals surface area contributed by atoms with E-state index in [1.807, 2.05) is 30.3 Å². The summed E-state index contributed by atoms with van der Waals surface area (Å²) in [5, 5.41) is -0.345. The number of fused-ring (bicyclic) bond motifs is 3. The molecule has 2 aromatic heterocycles. The number of sulfone groups is 1. The van der Waals surface area contributed by atoms with Crippen LogP contribution >= 0.6 is 0 Å². The lowest BCUT2D eigenvalue weighted by Crippen LogP contribution is -2.25. The SMILES string of the molecule is O=S1(=O)c2ccc(-c3ccncc3)cc2[C@@H]2CN(Cc3ccncc3)C[C@@H]21. The minimum absolute atomic E-state index is 0.0358. The molecule has 5 rings (SSSR count). The summed E-state index contributed by atoms with van der Waals surface area (Å²) >= 11 is 0. The van der Waals surface area contributed by atoms with E-state index < -0.39 is 9.84 Å². The standard InChI is InChI=1S/C21H19N3O2S/c25-27(26)20-2-1-17(16-5-9-23-10-6-16)11-18(20)19-13-24(14-21(19)27)12-15-3-7-22-8-4-15/h1-11,19,21H,12-14H2/t19-,21-/m0/s1. The lowest BCUT2D eigenvalue weighted by atomic mass is 9.95. The summed E-state index contributed by atoms with van der Waals surface area (Å²) in [7, 11) is -3.27. The van der Waals surface area contributed by atoms with E-state index in [1.165, 1.54) is 0 Å². The van der Waals surface area contributed by atoms with Crippen LogP contribution in [0.25, 0.3) is 11.1 Å². The van der Waals surface area contributed by atoms with Crippen LogP contribution in [0.3, 0.4) is 0 Å². The lowest BCUT2D eigenvalue weighted by molar-refractivity contribution is 0.325. The number of rotatable bonds is 3. The van der Waals surface area contributed by atoms with Crippen LogP contribution in [0.4, 0.5) is 0 Å². The number of likely N-dealkylation sites (tertiary alicyclic amines) is 1. The highest BCUT2D eigenvalue weighted by Crippen LogP contribution is 2.46. The Kier molecular flexibility index (Phi) is 3.84. The molecule has 1 fully saturated rings. The van der Waals surface area contributed by atoms with Crippen molar-refractivity contribution in [2.45, 2.75) is 22.6 Å². The first-order valence-electron chi connectivity index (χ1n) is 9.02. The maximum absolute atomic E-state index is 13.1. The summed E-state index contributed by atoms with van der Waals surface area (Å²) in [6.45, 7) is 2.10. The number of pyridine rings is 2. The molecule has 2 aliphatic heterocycles. The Morgan fingerprint density at radius 2 is 1.59 bits per heavy atom. The number of hydrogen-bond acceptors (Lipinski definition) is 5. The molecule has 5 nitrogen and oxygen atoms in total. The third kappa shape index (κ3) is 2.76. The smallest absolute Gasteiger partial charge is 0.183 e. The number of nitrogens with zero attached hydrogens (tertiary/aromatic N) is 3. The minimum Gasteiger partial charge on any atom is -0.297 e. The molecular weight excluding hydrogens is 358 g/mol. The Morgan fingerprint density at radius 1 is 0.889 bits per heavy atom. The molecular formula is C21H19N3O2S. The van der Waals surface area contributed by atoms with Crippen LogP contribution in [-0.2, 0) is 16.4 Å². The summed E-state index contributed by atoms with van der Waals surface area (Å²) < 4.78 is 26.1. The molecule has 3 aromatic rings. The van der Waals surface area contributed by atoms with Gasteiger partial charge in [0.1, 0.15) is 0 Å². The molecule has 1 saturated heterocycles. The van der Waals surface area contributed by atoms with Crippen LogP contribution in [-0.4, -0.2) is 41.6 Å². The third-order valence-corrected chi connectivity index (χ3v) is 7.88. The van der Waals surface area contributed by atoms with Crippen molar-refractivity contribution in [1.29, 1.82) is 0 Å². The van der Waals surface area contributed by atoms with Gasteiger partial charge in [-0.1, -0.05) is 6.07 Å². The van der Waals surface area contributed by atoms with Gasteiger partial charge in [-0.2, -0.15) is 0 Å². The Labute approximate surface area is 158 Å². The van der Waals surface area contributed by atoms with Gasteiger partial charge in [-0.3, -0.25) is 14.9 Å². The van der Waals surface area contributed by atoms with Crippen LogP contribution in [0.15, 0.2) is 72.1 Å². The topological polar surface area (TPSA) is 63.2 Å². The van der Waals surface area contributed by atoms with E-state index in [4.69, 9.17) is 0 Å². The molecule has 0 aliphatic carbocycles. The number of hydrogen-bond donors (Lipinski definition) is 0. The molecule has 0 unspecified atom stereocenters. The van der Waals surface area contributed by atoms with Gasteiger partial charge in [-0.05, 0) is 58.7 Å². The van der Waals surface area contributed by atoms with E-state index in [1.54, 1.807) is 30.9 Å². The predicted molar refractivity (Wildman–Crippen MR) is 103 cm³/mol. The largest absolute Gasteiger partial charge is 0.297 e. The van der Waals surface area contributed by atoms with Crippen molar-refractivity contribution in [3.05, 3.63) is 78.4 Å². The fourth-order valence-electron chi connectivity index (χ4n) is 4.32. The van der Waals surface area contributed by atoms with Gasteiger partial charge < -0.3 is 0 Å². The van der Waals surface area contributed by atoms with E-state index >= 15 is 0 Å². The van der Waals surface area contributed by atoms with E-state index in [0.29, 0.717) is 11.4 Å². The Balaban J connectivity index is 1.49. The molecule has 0 saturated carbocycles. The van der Waals surface area contributed by atoms with Gasteiger partial charge in [0.15, 0.2) is 9.84 Å². The van der Waals surface area contributed by atoms with Crippen LogP contribution < -0.4 is 0 Å². The molecule has 2 atom stereocenters. The van der Waals surface area contributed by atoms with Crippen molar-refractivity contribution in [2.75, 3.05) is 13.1 Å². The second kappa shape index (κ2) is 6.25. The van der Waals surface area contributed by atoms with E-state index in [0.717, 1.165) is 35.3 Å². The van der Waals surface area contributed by atoms with Gasteiger partial charge in [-0.25, -0.2) is 8.42 Å². The van der Waals surface area contributed by atoms with Gasteiger partial charge in [0.2, 0.25) is 0 Å². The number of aromatic nitrogens is 2. The average Bonchev–Trinajstić information content (AvgIpc) is 3.21. The first kappa shape index (κ1) is 16.6. The highest BCUT2D eigenvalue weighted by Gasteiger charge is 2.50. The number of benzene rings is 1. The van der Waals surface area contributed by atoms with Gasteiger partial charge in [-0.15, -0.1) is 0 Å². The maximum atomic E-state index is 13.1. The molecule has 0 bridgehead atoms. The first-order chi connectivity index (χ1) is 13.1. The highest BCUT2D eigenvalue weighted by molar-refractivity contribution is 7.92. The monoisotopic (exact) mass is 377 g/mol. The summed E-state index contributed by atoms with van der Waals surface area (Å²) in [5.74, 6) is 0.0358. The Morgan fingerprint density at radius 3 is 2.33 bits per heavy atom. The van der Waals surface area contributed by atoms with Crippen LogP contribution in [0, 0.1) is 0 Å². The van der Waals surface area contributed by atoms with Crippen molar-refractivity contribution in [3.8, 4) is 11.1 Å². The van der Waals surface area contributed by atoms with Gasteiger partial charge in [0.05, 0.1) is 10.1 Å². The zero-order chi connectivity index (χ0) is 18.4. The molecule has 6 heteroatoms. The van der Waals surface area contributed by atoms with Crippen molar-refractivity contribution >= 4 is 9.84 Å². The first-order valence-corrected chi connectivity index (χ1v) is 10.6. The van der Waals surface area contributed by atoms with E-state index in [-0.39, 0.29) is 11.2 Å². The van der Waals surface area contributed by atoms with E-state index in [2.05, 4.69) is 20.9 Å². The second-order valence-corrected chi connectivity index (χ2v) is 9.36. The van der Waals surface area contributed by atoms with E-state index in [9.17, 15) is 8.42 Å². The average molecular weight is 377 g/mol. The molecule has 0 amide bonds. The Bertz CT molecular complexity index is 1080. The third-order valence-electron chi connectivity index (χ3n) is 5.63. The predicted octanol–water partition coefficient (Wildman–Crippen LogP) is 2.90. The zero-order valence-electron chi connectivity index (χ0n) is 14.7. The lowest BCUT2D eigenvalue weighted by Gasteiger charge is -2.17. The van der Waals surface area contributed by atoms with Gasteiger partial charge >= 0.3 is 0 Å². The van der Waals surface area contributed by atoms with Gasteiger partial charge in [0, 0.05) is 50.3 Å². The van der Waals surface area contributed by atoms with Crippen LogP contribution in [0.1, 0.15) is 17.0 Å². The molecule has 27 heavy (non-hydrogen) atoms. The summed E-state index contributed by atoms with van der Waals surface area (Å²) in [4.78, 5) is 10.9. The fourth-order valence-corrected chi connectivity index (χ4v) is 6.52. The van der Waals surface area contributed by atoms with Gasteiger partial charge in [0.25, 0.3) is 0 Å². The maximum Gasteiger partial charge on any atom is 0.183 e. The fraction of sp³-hybridized carbons (Fsp3) is 0.238. The highest BCUT2D eigenvalue weighted by atomic mass is 32.2. The minimum atomic E-state index is -3.27. The van der Waals surface area contributed by atoms with Crippen molar-refractivity contribution in [1.82, 2.24) is 14.9 Å². The molecule has 0 N–H and O–H groups in total. The van der Waals surface area contributed by atoms with Crippen LogP contribution in [0.5, 0.6) is 0 Å². The normalized spacial score (nSPS) is 23.1. The van der Waals surface area contributed by atoms with Crippen molar-refractivity contribution < 1.29 is 8.42 Å². The molecule has 2 aliphatic rings. The van der Waals surface area contributed by atoms with Crippen LogP contribution in [0.2, 0.25) is 0 Å². The molecule has 4 heterocycles. The second-order valence-electron chi connectivity index (χ2n) is 7.23. The molecule has 1 aromatic carbocycles.